The molecule has 2 N–H and O–H groups in total. The highest BCUT2D eigenvalue weighted by molar-refractivity contribution is 5.87. The summed E-state index contributed by atoms with van der Waals surface area (Å²) in [6.07, 6.45) is 0.0357. The zero-order valence-corrected chi connectivity index (χ0v) is 16.7. The van der Waals surface area contributed by atoms with Crippen molar-refractivity contribution in [2.45, 2.75) is 39.3 Å². The Hall–Kier alpha value is -3.36. The number of carbonyl (C=O) groups excluding carboxylic acids is 1. The van der Waals surface area contributed by atoms with E-state index in [1.165, 1.54) is 28.9 Å². The normalized spacial score (nSPS) is 11.0. The minimum absolute atomic E-state index is 0.122. The molecule has 0 saturated carbocycles. The first-order valence-corrected chi connectivity index (χ1v) is 9.14. The van der Waals surface area contributed by atoms with Gasteiger partial charge in [0.25, 0.3) is 5.56 Å². The zero-order valence-electron chi connectivity index (χ0n) is 16.7. The van der Waals surface area contributed by atoms with E-state index in [4.69, 9.17) is 14.6 Å². The molecular weight excluding hydrogens is 378 g/mol. The van der Waals surface area contributed by atoms with Crippen molar-refractivity contribution in [2.75, 3.05) is 13.2 Å². The van der Waals surface area contributed by atoms with E-state index in [0.717, 1.165) is 0 Å². The number of aromatic carboxylic acids is 1. The van der Waals surface area contributed by atoms with Crippen molar-refractivity contribution >= 4 is 12.1 Å². The van der Waals surface area contributed by atoms with E-state index in [-0.39, 0.29) is 30.2 Å². The lowest BCUT2D eigenvalue weighted by Gasteiger charge is -2.19. The zero-order chi connectivity index (χ0) is 21.4. The van der Waals surface area contributed by atoms with Crippen LogP contribution in [0.3, 0.4) is 0 Å². The minimum atomic E-state index is -1.04. The second-order valence-electron chi connectivity index (χ2n) is 7.30. The summed E-state index contributed by atoms with van der Waals surface area (Å²) >= 11 is 0. The van der Waals surface area contributed by atoms with Crippen LogP contribution in [-0.4, -0.2) is 45.7 Å². The molecule has 0 spiro atoms. The number of carboxylic acid groups (broad SMARTS) is 1. The van der Waals surface area contributed by atoms with Crippen LogP contribution in [0.5, 0.6) is 5.88 Å². The number of nitrogens with zero attached hydrogens (tertiary/aromatic N) is 2. The average molecular weight is 403 g/mol. The minimum Gasteiger partial charge on any atom is -0.478 e. The second-order valence-corrected chi connectivity index (χ2v) is 7.30. The summed E-state index contributed by atoms with van der Waals surface area (Å²) in [5.74, 6) is -0.777. The Morgan fingerprint density at radius 1 is 1.21 bits per heavy atom. The van der Waals surface area contributed by atoms with E-state index in [0.29, 0.717) is 18.5 Å². The van der Waals surface area contributed by atoms with Gasteiger partial charge in [-0.05, 0) is 44.9 Å². The molecule has 1 aromatic heterocycles. The number of hydrogen-bond donors (Lipinski definition) is 2. The van der Waals surface area contributed by atoms with Gasteiger partial charge in [0.05, 0.1) is 18.7 Å². The van der Waals surface area contributed by atoms with Crippen LogP contribution < -0.4 is 15.6 Å². The van der Waals surface area contributed by atoms with Gasteiger partial charge in [0.2, 0.25) is 5.88 Å². The molecule has 2 rings (SSSR count). The van der Waals surface area contributed by atoms with E-state index >= 15 is 0 Å². The average Bonchev–Trinajstić information content (AvgIpc) is 2.62. The molecule has 0 radical (unpaired) electrons. The number of aromatic nitrogens is 2. The van der Waals surface area contributed by atoms with Crippen LogP contribution in [0.15, 0.2) is 41.2 Å². The highest BCUT2D eigenvalue weighted by atomic mass is 16.6. The largest absolute Gasteiger partial charge is 0.478 e. The van der Waals surface area contributed by atoms with Crippen LogP contribution in [0, 0.1) is 0 Å². The van der Waals surface area contributed by atoms with Crippen molar-refractivity contribution in [2.24, 2.45) is 0 Å². The molecule has 9 heteroatoms. The van der Waals surface area contributed by atoms with E-state index < -0.39 is 17.7 Å². The molecule has 0 fully saturated rings. The fourth-order valence-corrected chi connectivity index (χ4v) is 2.35. The van der Waals surface area contributed by atoms with Gasteiger partial charge in [-0.15, -0.1) is 5.10 Å². The Morgan fingerprint density at radius 3 is 2.66 bits per heavy atom. The van der Waals surface area contributed by atoms with Gasteiger partial charge in [0.15, 0.2) is 0 Å². The fraction of sp³-hybridized carbons (Fsp3) is 0.400. The predicted octanol–water partition coefficient (Wildman–Crippen LogP) is 2.28. The van der Waals surface area contributed by atoms with Crippen molar-refractivity contribution in [1.29, 1.82) is 0 Å². The van der Waals surface area contributed by atoms with Crippen LogP contribution in [0.25, 0.3) is 0 Å². The first-order chi connectivity index (χ1) is 13.6. The highest BCUT2D eigenvalue weighted by Crippen LogP contribution is 2.08. The number of ether oxygens (including phenoxy) is 2. The molecule has 156 valence electrons. The van der Waals surface area contributed by atoms with E-state index in [1.807, 2.05) is 0 Å². The highest BCUT2D eigenvalue weighted by Gasteiger charge is 2.15. The first-order valence-electron chi connectivity index (χ1n) is 9.14. The molecule has 0 aliphatic rings. The summed E-state index contributed by atoms with van der Waals surface area (Å²) < 4.78 is 11.9. The Labute approximate surface area is 168 Å². The Bertz CT molecular complexity index is 917. The summed E-state index contributed by atoms with van der Waals surface area (Å²) in [5, 5.41) is 15.8. The van der Waals surface area contributed by atoms with Crippen molar-refractivity contribution in [3.05, 3.63) is 57.9 Å². The SMILES string of the molecule is CC(C)(C)OC(=O)NCCCOc1ccc(=O)n(Cc2cccc(C(=O)O)c2)n1. The van der Waals surface area contributed by atoms with Gasteiger partial charge in [-0.25, -0.2) is 14.3 Å². The first kappa shape index (κ1) is 21.9. The second kappa shape index (κ2) is 9.72. The van der Waals surface area contributed by atoms with Crippen LogP contribution in [0.4, 0.5) is 4.79 Å². The number of nitrogens with one attached hydrogen (secondary N) is 1. The topological polar surface area (TPSA) is 120 Å². The third kappa shape index (κ3) is 7.65. The monoisotopic (exact) mass is 403 g/mol. The standard InChI is InChI=1S/C20H25N3O6/c1-20(2,3)29-19(27)21-10-5-11-28-16-8-9-17(24)23(22-16)13-14-6-4-7-15(12-14)18(25)26/h4,6-9,12H,5,10-11,13H2,1-3H3,(H,21,27)(H,25,26). The van der Waals surface area contributed by atoms with Gasteiger partial charge >= 0.3 is 12.1 Å². The molecular formula is C20H25N3O6. The van der Waals surface area contributed by atoms with Crippen LogP contribution in [0.2, 0.25) is 0 Å². The smallest absolute Gasteiger partial charge is 0.407 e. The molecule has 0 bridgehead atoms. The van der Waals surface area contributed by atoms with Gasteiger partial charge in [0.1, 0.15) is 5.60 Å². The Morgan fingerprint density at radius 2 is 1.97 bits per heavy atom. The van der Waals surface area contributed by atoms with Gasteiger partial charge < -0.3 is 19.9 Å². The Kier molecular flexibility index (Phi) is 7.35. The molecule has 1 heterocycles. The van der Waals surface area contributed by atoms with Crippen LogP contribution in [0.1, 0.15) is 43.1 Å². The van der Waals surface area contributed by atoms with Gasteiger partial charge in [-0.2, -0.15) is 0 Å². The lowest BCUT2D eigenvalue weighted by Crippen LogP contribution is -2.33. The number of carboxylic acids is 1. The number of hydrogen-bond acceptors (Lipinski definition) is 6. The van der Waals surface area contributed by atoms with E-state index in [2.05, 4.69) is 10.4 Å². The maximum Gasteiger partial charge on any atom is 0.407 e. The third-order valence-corrected chi connectivity index (χ3v) is 3.59. The number of rotatable bonds is 8. The number of amides is 1. The van der Waals surface area contributed by atoms with Gasteiger partial charge in [0, 0.05) is 18.7 Å². The summed E-state index contributed by atoms with van der Waals surface area (Å²) in [6, 6.07) is 9.10. The molecule has 0 aliphatic carbocycles. The molecule has 9 nitrogen and oxygen atoms in total. The molecule has 1 aromatic carbocycles. The van der Waals surface area contributed by atoms with Crippen molar-refractivity contribution < 1.29 is 24.2 Å². The number of benzene rings is 1. The van der Waals surface area contributed by atoms with Crippen LogP contribution in [-0.2, 0) is 11.3 Å². The lowest BCUT2D eigenvalue weighted by atomic mass is 10.1. The molecule has 0 aliphatic heterocycles. The van der Waals surface area contributed by atoms with E-state index in [9.17, 15) is 14.4 Å². The summed E-state index contributed by atoms with van der Waals surface area (Å²) in [4.78, 5) is 34.6. The maximum absolute atomic E-state index is 12.0. The fourth-order valence-electron chi connectivity index (χ4n) is 2.35. The summed E-state index contributed by atoms with van der Waals surface area (Å²) in [6.45, 7) is 6.14. The van der Waals surface area contributed by atoms with Crippen molar-refractivity contribution in [3.8, 4) is 5.88 Å². The molecule has 2 aromatic rings. The maximum atomic E-state index is 12.0. The van der Waals surface area contributed by atoms with Gasteiger partial charge in [-0.3, -0.25) is 4.79 Å². The quantitative estimate of drug-likeness (QED) is 0.649. The Balaban J connectivity index is 1.87. The summed E-state index contributed by atoms with van der Waals surface area (Å²) in [5.41, 5.74) is -0.106. The van der Waals surface area contributed by atoms with Crippen molar-refractivity contribution in [3.63, 3.8) is 0 Å². The molecule has 0 unspecified atom stereocenters. The van der Waals surface area contributed by atoms with Crippen LogP contribution >= 0.6 is 0 Å². The molecule has 0 saturated heterocycles. The third-order valence-electron chi connectivity index (χ3n) is 3.59. The van der Waals surface area contributed by atoms with Gasteiger partial charge in [-0.1, -0.05) is 12.1 Å². The van der Waals surface area contributed by atoms with Crippen molar-refractivity contribution in [1.82, 2.24) is 15.1 Å². The molecule has 0 atom stereocenters. The molecule has 29 heavy (non-hydrogen) atoms. The lowest BCUT2D eigenvalue weighted by molar-refractivity contribution is 0.0524. The molecule has 1 amide bonds. The number of carbonyl (C=O) groups is 2. The summed E-state index contributed by atoms with van der Waals surface area (Å²) in [7, 11) is 0. The van der Waals surface area contributed by atoms with E-state index in [1.54, 1.807) is 32.9 Å². The predicted molar refractivity (Wildman–Crippen MR) is 105 cm³/mol. The number of alkyl carbamates (subject to hydrolysis) is 1.